The summed E-state index contributed by atoms with van der Waals surface area (Å²) in [5.74, 6) is 1.25. The second-order valence-corrected chi connectivity index (χ2v) is 19.8. The van der Waals surface area contributed by atoms with Crippen LogP contribution in [0.3, 0.4) is 0 Å². The van der Waals surface area contributed by atoms with E-state index in [1.807, 2.05) is 18.2 Å². The van der Waals surface area contributed by atoms with E-state index < -0.39 is 0 Å². The topological polar surface area (TPSA) is 60.7 Å². The molecule has 0 aromatic heterocycles. The summed E-state index contributed by atoms with van der Waals surface area (Å²) in [6.45, 7) is 30.8. The van der Waals surface area contributed by atoms with Crippen LogP contribution in [0.2, 0.25) is 0 Å². The molecule has 53 heavy (non-hydrogen) atoms. The van der Waals surface area contributed by atoms with Crippen molar-refractivity contribution in [2.45, 2.75) is 208 Å². The molecular weight excluding hydrogens is 649 g/mol. The summed E-state index contributed by atoms with van der Waals surface area (Å²) >= 11 is 0. The van der Waals surface area contributed by atoms with Crippen LogP contribution in [0, 0.1) is 20.8 Å². The number of aromatic hydroxyl groups is 3. The zero-order valence-corrected chi connectivity index (χ0v) is 36.6. The highest BCUT2D eigenvalue weighted by Crippen LogP contribution is 2.51. The van der Waals surface area contributed by atoms with Gasteiger partial charge in [-0.25, -0.2) is 0 Å². The van der Waals surface area contributed by atoms with Gasteiger partial charge in [-0.05, 0) is 124 Å². The van der Waals surface area contributed by atoms with E-state index in [9.17, 15) is 15.3 Å². The van der Waals surface area contributed by atoms with Crippen LogP contribution in [0.5, 0.6) is 17.2 Å². The van der Waals surface area contributed by atoms with Crippen molar-refractivity contribution in [2.75, 3.05) is 0 Å². The molecule has 3 rings (SSSR count). The molecule has 0 heterocycles. The molecule has 1 atom stereocenters. The normalized spacial score (nSPS) is 13.5. The van der Waals surface area contributed by atoms with Gasteiger partial charge in [0, 0.05) is 5.41 Å². The Bertz CT molecular complexity index is 1570. The first-order chi connectivity index (χ1) is 24.5. The fourth-order valence-corrected chi connectivity index (χ4v) is 8.92. The summed E-state index contributed by atoms with van der Waals surface area (Å²) in [6, 6.07) is 12.9. The number of aryl methyl sites for hydroxylation is 3. The SMILES string of the molecule is CCCCCCCCCCCCCC(CC(C)c1cc(C(C)(C)C)c(O)cc1C)(c1cc(C(C)(C)C)c(O)cc1C)c1cc(C(C)(C)C)c(O)cc1C. The van der Waals surface area contributed by atoms with Crippen LogP contribution < -0.4 is 0 Å². The molecule has 0 aliphatic rings. The summed E-state index contributed by atoms with van der Waals surface area (Å²) in [6.07, 6.45) is 16.1. The predicted molar refractivity (Wildman–Crippen MR) is 230 cm³/mol. The predicted octanol–water partition coefficient (Wildman–Crippen LogP) is 14.8. The van der Waals surface area contributed by atoms with Crippen molar-refractivity contribution in [2.24, 2.45) is 0 Å². The third-order valence-corrected chi connectivity index (χ3v) is 11.9. The minimum atomic E-state index is -0.388. The van der Waals surface area contributed by atoms with E-state index in [0.717, 1.165) is 52.6 Å². The third-order valence-electron chi connectivity index (χ3n) is 11.9. The molecule has 0 saturated heterocycles. The summed E-state index contributed by atoms with van der Waals surface area (Å²) in [7, 11) is 0. The van der Waals surface area contributed by atoms with Crippen molar-refractivity contribution >= 4 is 0 Å². The largest absolute Gasteiger partial charge is 0.508 e. The lowest BCUT2D eigenvalue weighted by atomic mass is 9.62. The maximum atomic E-state index is 11.4. The Hall–Kier alpha value is -2.94. The standard InChI is InChI=1S/C50H78O3/c1-15-16-17-18-19-20-21-22-23-24-25-26-50(39-31-42(48(9,10)11)45(52)28-35(39)3,40-32-43(49(12,13)14)46(53)29-36(40)4)33-37(5)38-30-41(47(6,7)8)44(51)27-34(38)2/h27-32,37,51-53H,15-26,33H2,1-14H3. The third kappa shape index (κ3) is 11.3. The van der Waals surface area contributed by atoms with E-state index >= 15 is 0 Å². The molecule has 0 radical (unpaired) electrons. The highest BCUT2D eigenvalue weighted by Gasteiger charge is 2.41. The molecule has 1 unspecified atom stereocenters. The van der Waals surface area contributed by atoms with Gasteiger partial charge in [-0.15, -0.1) is 0 Å². The van der Waals surface area contributed by atoms with Gasteiger partial charge in [0.1, 0.15) is 17.2 Å². The molecule has 0 aliphatic heterocycles. The molecule has 3 aromatic carbocycles. The van der Waals surface area contributed by atoms with Gasteiger partial charge in [-0.3, -0.25) is 0 Å². The Morgan fingerprint density at radius 3 is 1.17 bits per heavy atom. The van der Waals surface area contributed by atoms with E-state index in [1.165, 1.54) is 80.9 Å². The number of phenolic OH excluding ortho intramolecular Hbond substituents is 3. The van der Waals surface area contributed by atoms with Crippen molar-refractivity contribution < 1.29 is 15.3 Å². The Balaban J connectivity index is 2.25. The van der Waals surface area contributed by atoms with Gasteiger partial charge in [-0.1, -0.05) is 165 Å². The van der Waals surface area contributed by atoms with Gasteiger partial charge in [0.15, 0.2) is 0 Å². The van der Waals surface area contributed by atoms with Crippen LogP contribution in [-0.2, 0) is 21.7 Å². The van der Waals surface area contributed by atoms with Gasteiger partial charge >= 0.3 is 0 Å². The second-order valence-electron chi connectivity index (χ2n) is 19.8. The number of hydrogen-bond donors (Lipinski definition) is 3. The van der Waals surface area contributed by atoms with Crippen LogP contribution >= 0.6 is 0 Å². The van der Waals surface area contributed by atoms with Crippen LogP contribution in [0.1, 0.15) is 216 Å². The smallest absolute Gasteiger partial charge is 0.119 e. The first-order valence-electron chi connectivity index (χ1n) is 21.1. The van der Waals surface area contributed by atoms with Gasteiger partial charge in [0.25, 0.3) is 0 Å². The van der Waals surface area contributed by atoms with E-state index in [0.29, 0.717) is 17.2 Å². The van der Waals surface area contributed by atoms with Crippen LogP contribution in [0.4, 0.5) is 0 Å². The van der Waals surface area contributed by atoms with Crippen molar-refractivity contribution in [1.82, 2.24) is 0 Å². The number of unbranched alkanes of at least 4 members (excludes halogenated alkanes) is 10. The zero-order chi connectivity index (χ0) is 39.9. The molecule has 3 aromatic rings. The molecular formula is C50H78O3. The number of phenols is 3. The van der Waals surface area contributed by atoms with Gasteiger partial charge < -0.3 is 15.3 Å². The average molecular weight is 727 g/mol. The quantitative estimate of drug-likeness (QED) is 0.121. The van der Waals surface area contributed by atoms with Gasteiger partial charge in [0.2, 0.25) is 0 Å². The molecule has 3 nitrogen and oxygen atoms in total. The average Bonchev–Trinajstić information content (AvgIpc) is 3.01. The maximum Gasteiger partial charge on any atom is 0.119 e. The van der Waals surface area contributed by atoms with E-state index in [-0.39, 0.29) is 27.6 Å². The van der Waals surface area contributed by atoms with Crippen molar-refractivity contribution in [3.63, 3.8) is 0 Å². The Morgan fingerprint density at radius 2 is 0.792 bits per heavy atom. The lowest BCUT2D eigenvalue weighted by molar-refractivity contribution is 0.375. The first-order valence-corrected chi connectivity index (χ1v) is 21.1. The van der Waals surface area contributed by atoms with Crippen LogP contribution in [0.25, 0.3) is 0 Å². The summed E-state index contributed by atoms with van der Waals surface area (Å²) in [4.78, 5) is 0. The molecule has 296 valence electrons. The van der Waals surface area contributed by atoms with Gasteiger partial charge in [-0.2, -0.15) is 0 Å². The fourth-order valence-electron chi connectivity index (χ4n) is 8.92. The Morgan fingerprint density at radius 1 is 0.453 bits per heavy atom. The van der Waals surface area contributed by atoms with Crippen LogP contribution in [-0.4, -0.2) is 15.3 Å². The Labute approximate surface area is 326 Å². The van der Waals surface area contributed by atoms with Crippen molar-refractivity contribution in [3.8, 4) is 17.2 Å². The van der Waals surface area contributed by atoms with E-state index in [1.54, 1.807) is 0 Å². The van der Waals surface area contributed by atoms with Gasteiger partial charge in [0.05, 0.1) is 0 Å². The first kappa shape index (κ1) is 44.5. The maximum absolute atomic E-state index is 11.4. The summed E-state index contributed by atoms with van der Waals surface area (Å²) in [5.41, 5.74) is 9.01. The zero-order valence-electron chi connectivity index (χ0n) is 36.6. The van der Waals surface area contributed by atoms with Crippen molar-refractivity contribution in [3.05, 3.63) is 86.5 Å². The van der Waals surface area contributed by atoms with E-state index in [2.05, 4.69) is 115 Å². The highest BCUT2D eigenvalue weighted by atomic mass is 16.3. The number of rotatable bonds is 17. The van der Waals surface area contributed by atoms with Crippen molar-refractivity contribution in [1.29, 1.82) is 0 Å². The molecule has 0 saturated carbocycles. The molecule has 0 fully saturated rings. The molecule has 0 spiro atoms. The second kappa shape index (κ2) is 18.1. The number of hydrogen-bond acceptors (Lipinski definition) is 3. The molecule has 0 aliphatic carbocycles. The molecule has 3 N–H and O–H groups in total. The Kier molecular flexibility index (Phi) is 15.2. The minimum absolute atomic E-state index is 0.169. The van der Waals surface area contributed by atoms with E-state index in [4.69, 9.17) is 0 Å². The lowest BCUT2D eigenvalue weighted by Gasteiger charge is -2.42. The minimum Gasteiger partial charge on any atom is -0.508 e. The molecule has 0 bridgehead atoms. The summed E-state index contributed by atoms with van der Waals surface area (Å²) < 4.78 is 0. The number of benzene rings is 3. The van der Waals surface area contributed by atoms with Crippen LogP contribution in [0.15, 0.2) is 36.4 Å². The molecule has 0 amide bonds. The lowest BCUT2D eigenvalue weighted by Crippen LogP contribution is -2.33. The highest BCUT2D eigenvalue weighted by molar-refractivity contribution is 5.56. The molecule has 3 heteroatoms. The monoisotopic (exact) mass is 727 g/mol. The fraction of sp³-hybridized carbons (Fsp3) is 0.640. The summed E-state index contributed by atoms with van der Waals surface area (Å²) in [5, 5.41) is 33.8.